The van der Waals surface area contributed by atoms with Gasteiger partial charge in [0.1, 0.15) is 10.7 Å². The first-order valence-corrected chi connectivity index (χ1v) is 7.73. The number of nitrogens with one attached hydrogen (secondary N) is 1. The van der Waals surface area contributed by atoms with Crippen LogP contribution >= 0.6 is 11.8 Å². The van der Waals surface area contributed by atoms with Crippen LogP contribution in [-0.2, 0) is 9.84 Å². The summed E-state index contributed by atoms with van der Waals surface area (Å²) >= 11 is 0.867. The largest absolute Gasteiger partial charge is 0.501 e. The summed E-state index contributed by atoms with van der Waals surface area (Å²) in [5.74, 6) is -1.16. The molecule has 0 aliphatic carbocycles. The molecule has 0 bridgehead atoms. The molecular weight excluding hydrogens is 334 g/mol. The number of sulfone groups is 1. The standard InChI is InChI=1S/C10H7F4N3O2S2/c1-20-9(16-5-15)17-7-3-2-6(11)4-8(7)21(18,19)10(12,13)14/h2-4H,1H3,(H,16,17). The lowest BCUT2D eigenvalue weighted by Gasteiger charge is -2.11. The highest BCUT2D eigenvalue weighted by Crippen LogP contribution is 2.36. The Labute approximate surface area is 121 Å². The van der Waals surface area contributed by atoms with Crippen molar-refractivity contribution in [3.63, 3.8) is 0 Å². The highest BCUT2D eigenvalue weighted by Gasteiger charge is 2.48. The van der Waals surface area contributed by atoms with Gasteiger partial charge in [0.25, 0.3) is 9.84 Å². The Balaban J connectivity index is 3.55. The average molecular weight is 341 g/mol. The molecular formula is C10H7F4N3O2S2. The molecule has 0 amide bonds. The zero-order chi connectivity index (χ0) is 16.3. The zero-order valence-corrected chi connectivity index (χ0v) is 11.9. The number of amidine groups is 1. The predicted molar refractivity (Wildman–Crippen MR) is 69.0 cm³/mol. The van der Waals surface area contributed by atoms with Gasteiger partial charge >= 0.3 is 5.51 Å². The molecule has 0 atom stereocenters. The molecule has 0 aliphatic rings. The summed E-state index contributed by atoms with van der Waals surface area (Å²) in [4.78, 5) is 2.27. The van der Waals surface area contributed by atoms with Crippen LogP contribution in [0.5, 0.6) is 0 Å². The third-order valence-electron chi connectivity index (χ3n) is 2.09. The Morgan fingerprint density at radius 3 is 2.52 bits per heavy atom. The summed E-state index contributed by atoms with van der Waals surface area (Å²) in [5, 5.41) is 10.4. The smallest absolute Gasteiger partial charge is 0.271 e. The van der Waals surface area contributed by atoms with Crippen molar-refractivity contribution in [2.24, 2.45) is 4.99 Å². The van der Waals surface area contributed by atoms with Crippen LogP contribution in [0.25, 0.3) is 0 Å². The molecule has 0 unspecified atom stereocenters. The van der Waals surface area contributed by atoms with Crippen LogP contribution in [0, 0.1) is 17.3 Å². The van der Waals surface area contributed by atoms with Crippen molar-refractivity contribution in [3.05, 3.63) is 24.0 Å². The van der Waals surface area contributed by atoms with E-state index in [1.54, 1.807) is 0 Å². The van der Waals surface area contributed by atoms with Crippen LogP contribution in [0.1, 0.15) is 0 Å². The number of nitriles is 1. The Hall–Kier alpha value is -1.80. The van der Waals surface area contributed by atoms with Crippen LogP contribution in [0.15, 0.2) is 28.1 Å². The van der Waals surface area contributed by atoms with Crippen molar-refractivity contribution in [1.82, 2.24) is 5.32 Å². The number of hydrogen-bond donors (Lipinski definition) is 1. The van der Waals surface area contributed by atoms with Gasteiger partial charge in [0, 0.05) is 0 Å². The fourth-order valence-corrected chi connectivity index (χ4v) is 2.45. The van der Waals surface area contributed by atoms with Gasteiger partial charge in [0.05, 0.1) is 5.69 Å². The molecule has 11 heteroatoms. The molecule has 0 aliphatic heterocycles. The lowest BCUT2D eigenvalue weighted by atomic mass is 10.3. The number of alkyl halides is 3. The van der Waals surface area contributed by atoms with Crippen molar-refractivity contribution < 1.29 is 26.0 Å². The summed E-state index contributed by atoms with van der Waals surface area (Å²) in [6, 6.07) is 1.77. The number of aliphatic imine (C=N–C) groups is 1. The van der Waals surface area contributed by atoms with E-state index in [1.165, 1.54) is 12.4 Å². The second kappa shape index (κ2) is 6.31. The van der Waals surface area contributed by atoms with E-state index in [0.29, 0.717) is 0 Å². The number of benzene rings is 1. The second-order valence-corrected chi connectivity index (χ2v) is 6.12. The third-order valence-corrected chi connectivity index (χ3v) is 4.19. The predicted octanol–water partition coefficient (Wildman–Crippen LogP) is 2.54. The van der Waals surface area contributed by atoms with Gasteiger partial charge in [-0.1, -0.05) is 11.8 Å². The quantitative estimate of drug-likeness (QED) is 0.294. The first-order chi connectivity index (χ1) is 9.63. The number of rotatable bonds is 2. The fraction of sp³-hybridized carbons (Fsp3) is 0.200. The normalized spacial score (nSPS) is 12.9. The van der Waals surface area contributed by atoms with Gasteiger partial charge in [-0.15, -0.1) is 0 Å². The van der Waals surface area contributed by atoms with Crippen LogP contribution in [-0.4, -0.2) is 25.3 Å². The van der Waals surface area contributed by atoms with Gasteiger partial charge in [-0.25, -0.2) is 17.8 Å². The molecule has 0 aromatic heterocycles. The third kappa shape index (κ3) is 3.85. The molecule has 1 N–H and O–H groups in total. The van der Waals surface area contributed by atoms with Gasteiger partial charge < -0.3 is 0 Å². The molecule has 0 saturated heterocycles. The zero-order valence-electron chi connectivity index (χ0n) is 10.3. The van der Waals surface area contributed by atoms with Gasteiger partial charge in [-0.3, -0.25) is 5.32 Å². The highest BCUT2D eigenvalue weighted by atomic mass is 32.2. The molecule has 21 heavy (non-hydrogen) atoms. The molecule has 1 aromatic rings. The molecule has 1 rings (SSSR count). The summed E-state index contributed by atoms with van der Waals surface area (Å²) in [6.45, 7) is 0. The Kier molecular flexibility index (Phi) is 5.19. The highest BCUT2D eigenvalue weighted by molar-refractivity contribution is 8.13. The van der Waals surface area contributed by atoms with Crippen molar-refractivity contribution in [2.45, 2.75) is 10.4 Å². The molecule has 114 valence electrons. The van der Waals surface area contributed by atoms with E-state index in [4.69, 9.17) is 5.26 Å². The lowest BCUT2D eigenvalue weighted by Crippen LogP contribution is -2.23. The van der Waals surface area contributed by atoms with Gasteiger partial charge in [-0.2, -0.15) is 18.4 Å². The van der Waals surface area contributed by atoms with Crippen molar-refractivity contribution >= 4 is 32.5 Å². The Bertz CT molecular complexity index is 708. The summed E-state index contributed by atoms with van der Waals surface area (Å²) in [6.07, 6.45) is 2.95. The minimum absolute atomic E-state index is 0.136. The van der Waals surface area contributed by atoms with E-state index in [0.717, 1.165) is 23.9 Å². The monoisotopic (exact) mass is 341 g/mol. The average Bonchev–Trinajstić information content (AvgIpc) is 2.38. The SMILES string of the molecule is CSC(=Nc1ccc(F)cc1S(=O)(=O)C(F)(F)F)NC#N. The Morgan fingerprint density at radius 2 is 2.05 bits per heavy atom. The minimum Gasteiger partial charge on any atom is -0.271 e. The van der Waals surface area contributed by atoms with Crippen molar-refractivity contribution in [1.29, 1.82) is 5.26 Å². The summed E-state index contributed by atoms with van der Waals surface area (Å²) in [5.41, 5.74) is -6.21. The molecule has 0 heterocycles. The van der Waals surface area contributed by atoms with Crippen LogP contribution < -0.4 is 5.32 Å². The van der Waals surface area contributed by atoms with Crippen LogP contribution in [0.2, 0.25) is 0 Å². The molecule has 0 fully saturated rings. The fourth-order valence-electron chi connectivity index (χ4n) is 1.20. The van der Waals surface area contributed by atoms with E-state index in [1.807, 2.05) is 0 Å². The van der Waals surface area contributed by atoms with E-state index in [2.05, 4.69) is 10.3 Å². The number of nitrogens with zero attached hydrogens (tertiary/aromatic N) is 2. The van der Waals surface area contributed by atoms with Crippen LogP contribution in [0.3, 0.4) is 0 Å². The maximum atomic E-state index is 13.1. The first-order valence-electron chi connectivity index (χ1n) is 5.02. The van der Waals surface area contributed by atoms with Crippen LogP contribution in [0.4, 0.5) is 23.2 Å². The van der Waals surface area contributed by atoms with Gasteiger partial charge in [0.2, 0.25) is 0 Å². The topological polar surface area (TPSA) is 82.3 Å². The summed E-state index contributed by atoms with van der Waals surface area (Å²) in [7, 11) is -5.77. The number of halogens is 4. The molecule has 1 aromatic carbocycles. The maximum absolute atomic E-state index is 13.1. The van der Waals surface area contributed by atoms with Crippen molar-refractivity contribution in [2.75, 3.05) is 6.26 Å². The molecule has 0 radical (unpaired) electrons. The minimum atomic E-state index is -5.77. The molecule has 0 spiro atoms. The maximum Gasteiger partial charge on any atom is 0.501 e. The molecule has 0 saturated carbocycles. The van der Waals surface area contributed by atoms with Crippen molar-refractivity contribution in [3.8, 4) is 6.19 Å². The van der Waals surface area contributed by atoms with E-state index >= 15 is 0 Å². The Morgan fingerprint density at radius 1 is 1.43 bits per heavy atom. The number of hydrogen-bond acceptors (Lipinski definition) is 5. The van der Waals surface area contributed by atoms with E-state index in [-0.39, 0.29) is 11.2 Å². The second-order valence-electron chi connectivity index (χ2n) is 3.42. The van der Waals surface area contributed by atoms with Gasteiger partial charge in [-0.05, 0) is 24.5 Å². The first kappa shape index (κ1) is 17.3. The number of thioether (sulfide) groups is 1. The molecule has 5 nitrogen and oxygen atoms in total. The van der Waals surface area contributed by atoms with E-state index in [9.17, 15) is 26.0 Å². The van der Waals surface area contributed by atoms with E-state index < -0.39 is 31.7 Å². The van der Waals surface area contributed by atoms with Gasteiger partial charge in [0.15, 0.2) is 11.4 Å². The summed E-state index contributed by atoms with van der Waals surface area (Å²) < 4.78 is 73.6. The lowest BCUT2D eigenvalue weighted by molar-refractivity contribution is -0.0435.